The van der Waals surface area contributed by atoms with Crippen LogP contribution in [0.5, 0.6) is 11.5 Å². The summed E-state index contributed by atoms with van der Waals surface area (Å²) in [6, 6.07) is 19.3. The van der Waals surface area contributed by atoms with Crippen LogP contribution >= 0.6 is 0 Å². The van der Waals surface area contributed by atoms with E-state index in [1.54, 1.807) is 7.11 Å². The summed E-state index contributed by atoms with van der Waals surface area (Å²) in [4.78, 5) is 13.3. The maximum Gasteiger partial charge on any atom is 0.235 e. The molecule has 0 radical (unpaired) electrons. The molecule has 1 N–H and O–H groups in total. The Morgan fingerprint density at radius 2 is 1.67 bits per heavy atom. The smallest absolute Gasteiger partial charge is 0.235 e. The van der Waals surface area contributed by atoms with Crippen LogP contribution in [0.1, 0.15) is 32.6 Å². The molecule has 1 fully saturated rings. The quantitative estimate of drug-likeness (QED) is 0.511. The highest BCUT2D eigenvalue weighted by atomic mass is 16.7. The second-order valence-electron chi connectivity index (χ2n) is 9.07. The third-order valence-corrected chi connectivity index (χ3v) is 5.75. The molecule has 1 aliphatic heterocycles. The zero-order valence-electron chi connectivity index (χ0n) is 19.6. The van der Waals surface area contributed by atoms with Crippen molar-refractivity contribution in [1.29, 1.82) is 0 Å². The Kier molecular flexibility index (Phi) is 6.86. The van der Waals surface area contributed by atoms with Crippen molar-refractivity contribution in [1.82, 2.24) is 0 Å². The van der Waals surface area contributed by atoms with Gasteiger partial charge in [0, 0.05) is 22.0 Å². The summed E-state index contributed by atoms with van der Waals surface area (Å²) in [5, 5.41) is 4.98. The molecular formula is C27H31NO5. The van der Waals surface area contributed by atoms with Gasteiger partial charge in [0.25, 0.3) is 0 Å². The molecule has 6 heteroatoms. The van der Waals surface area contributed by atoms with E-state index in [1.165, 1.54) is 0 Å². The molecule has 6 nitrogen and oxygen atoms in total. The maximum atomic E-state index is 13.3. The van der Waals surface area contributed by atoms with Crippen molar-refractivity contribution in [2.45, 2.75) is 27.1 Å². The number of carbonyl (C=O) groups excluding carboxylic acids is 1. The Morgan fingerprint density at radius 1 is 1.00 bits per heavy atom. The van der Waals surface area contributed by atoms with Gasteiger partial charge in [0.1, 0.15) is 11.5 Å². The molecule has 0 saturated carbocycles. The van der Waals surface area contributed by atoms with Gasteiger partial charge in [0.05, 0.1) is 32.3 Å². The normalized spacial score (nSPS) is 20.6. The van der Waals surface area contributed by atoms with E-state index < -0.39 is 11.7 Å². The first kappa shape index (κ1) is 23.1. The summed E-state index contributed by atoms with van der Waals surface area (Å²) < 4.78 is 23.3. The third-order valence-electron chi connectivity index (χ3n) is 5.75. The topological polar surface area (TPSA) is 66.0 Å². The number of methoxy groups -OCH3 is 1. The van der Waals surface area contributed by atoms with E-state index in [9.17, 15) is 4.79 Å². The average Bonchev–Trinajstić information content (AvgIpc) is 2.84. The molecule has 174 valence electrons. The zero-order valence-corrected chi connectivity index (χ0v) is 19.6. The first-order chi connectivity index (χ1) is 15.9. The lowest BCUT2D eigenvalue weighted by Crippen LogP contribution is -2.45. The average molecular weight is 450 g/mol. The highest BCUT2D eigenvalue weighted by Gasteiger charge is 2.40. The number of ether oxygens (including phenoxy) is 4. The van der Waals surface area contributed by atoms with Gasteiger partial charge in [-0.15, -0.1) is 0 Å². The molecule has 3 aromatic carbocycles. The highest BCUT2D eigenvalue weighted by Crippen LogP contribution is 2.37. The first-order valence-corrected chi connectivity index (χ1v) is 11.2. The molecular weight excluding hydrogens is 418 g/mol. The van der Waals surface area contributed by atoms with Crippen molar-refractivity contribution >= 4 is 22.4 Å². The van der Waals surface area contributed by atoms with Crippen LogP contribution in [-0.2, 0) is 14.3 Å². The number of hydrogen-bond acceptors (Lipinski definition) is 5. The molecule has 1 amide bonds. The SMILES string of the molecule is COc1ccccc1C1OCC(C)(C(=O)Nc2ccc(OCC(C)C)c3ccccc23)CO1. The minimum Gasteiger partial charge on any atom is -0.496 e. The van der Waals surface area contributed by atoms with Crippen LogP contribution < -0.4 is 14.8 Å². The molecule has 3 aromatic rings. The lowest BCUT2D eigenvalue weighted by Gasteiger charge is -2.36. The monoisotopic (exact) mass is 449 g/mol. The summed E-state index contributed by atoms with van der Waals surface area (Å²) in [6.07, 6.45) is -0.569. The Morgan fingerprint density at radius 3 is 2.36 bits per heavy atom. The van der Waals surface area contributed by atoms with Gasteiger partial charge in [-0.05, 0) is 31.0 Å². The van der Waals surface area contributed by atoms with E-state index in [4.69, 9.17) is 18.9 Å². The Balaban J connectivity index is 1.49. The standard InChI is InChI=1S/C27H31NO5/c1-18(2)15-31-24-14-13-22(19-9-5-6-10-20(19)24)28-26(29)27(3)16-32-25(33-17-27)21-11-7-8-12-23(21)30-4/h5-14,18,25H,15-17H2,1-4H3,(H,28,29). The lowest BCUT2D eigenvalue weighted by molar-refractivity contribution is -0.226. The lowest BCUT2D eigenvalue weighted by atomic mass is 9.90. The van der Waals surface area contributed by atoms with E-state index >= 15 is 0 Å². The zero-order chi connectivity index (χ0) is 23.4. The minimum atomic E-state index is -0.827. The second kappa shape index (κ2) is 9.81. The molecule has 33 heavy (non-hydrogen) atoms. The van der Waals surface area contributed by atoms with Crippen molar-refractivity contribution in [3.05, 3.63) is 66.2 Å². The number of rotatable bonds is 7. The molecule has 0 unspecified atom stereocenters. The largest absolute Gasteiger partial charge is 0.496 e. The summed E-state index contributed by atoms with van der Waals surface area (Å²) in [5.74, 6) is 1.78. The fraction of sp³-hybridized carbons (Fsp3) is 0.370. The Bertz CT molecular complexity index is 1120. The van der Waals surface area contributed by atoms with Crippen LogP contribution in [0.2, 0.25) is 0 Å². The van der Waals surface area contributed by atoms with E-state index in [2.05, 4.69) is 19.2 Å². The van der Waals surface area contributed by atoms with Crippen molar-refractivity contribution in [3.63, 3.8) is 0 Å². The number of anilines is 1. The van der Waals surface area contributed by atoms with Crippen molar-refractivity contribution in [2.75, 3.05) is 32.2 Å². The van der Waals surface area contributed by atoms with Gasteiger partial charge >= 0.3 is 0 Å². The molecule has 1 saturated heterocycles. The molecule has 4 rings (SSSR count). The number of carbonyl (C=O) groups is 1. The van der Waals surface area contributed by atoms with E-state index in [0.29, 0.717) is 18.3 Å². The first-order valence-electron chi connectivity index (χ1n) is 11.2. The number of fused-ring (bicyclic) bond motifs is 1. The van der Waals surface area contributed by atoms with Gasteiger partial charge in [-0.1, -0.05) is 56.3 Å². The fourth-order valence-electron chi connectivity index (χ4n) is 3.82. The predicted molar refractivity (Wildman–Crippen MR) is 129 cm³/mol. The number of nitrogens with one attached hydrogen (secondary N) is 1. The van der Waals surface area contributed by atoms with Crippen molar-refractivity contribution in [3.8, 4) is 11.5 Å². The number of amides is 1. The molecule has 0 spiro atoms. The highest BCUT2D eigenvalue weighted by molar-refractivity contribution is 6.05. The molecule has 1 heterocycles. The van der Waals surface area contributed by atoms with Gasteiger partial charge in [0.2, 0.25) is 5.91 Å². The van der Waals surface area contributed by atoms with Crippen LogP contribution in [0, 0.1) is 11.3 Å². The second-order valence-corrected chi connectivity index (χ2v) is 9.07. The minimum absolute atomic E-state index is 0.151. The van der Waals surface area contributed by atoms with Crippen LogP contribution in [0.25, 0.3) is 10.8 Å². The van der Waals surface area contributed by atoms with E-state index in [1.807, 2.05) is 67.6 Å². The van der Waals surface area contributed by atoms with Crippen LogP contribution in [0.3, 0.4) is 0 Å². The number of para-hydroxylation sites is 1. The fourth-order valence-corrected chi connectivity index (χ4v) is 3.82. The number of benzene rings is 3. The van der Waals surface area contributed by atoms with Gasteiger partial charge in [-0.2, -0.15) is 0 Å². The van der Waals surface area contributed by atoms with E-state index in [0.717, 1.165) is 27.8 Å². The van der Waals surface area contributed by atoms with Gasteiger partial charge < -0.3 is 24.3 Å². The van der Waals surface area contributed by atoms with Gasteiger partial charge in [0.15, 0.2) is 6.29 Å². The summed E-state index contributed by atoms with van der Waals surface area (Å²) in [7, 11) is 1.61. The molecule has 0 aromatic heterocycles. The summed E-state index contributed by atoms with van der Waals surface area (Å²) in [5.41, 5.74) is 0.720. The molecule has 0 atom stereocenters. The van der Waals surface area contributed by atoms with Crippen LogP contribution in [0.4, 0.5) is 5.69 Å². The van der Waals surface area contributed by atoms with Crippen molar-refractivity contribution < 1.29 is 23.7 Å². The van der Waals surface area contributed by atoms with Gasteiger partial charge in [-0.3, -0.25) is 4.79 Å². The maximum absolute atomic E-state index is 13.3. The molecule has 0 bridgehead atoms. The van der Waals surface area contributed by atoms with Crippen LogP contribution in [-0.4, -0.2) is 32.8 Å². The predicted octanol–water partition coefficient (Wildman–Crippen LogP) is 5.57. The molecule has 1 aliphatic rings. The summed E-state index contributed by atoms with van der Waals surface area (Å²) in [6.45, 7) is 7.18. The van der Waals surface area contributed by atoms with Gasteiger partial charge in [-0.25, -0.2) is 0 Å². The Labute approximate surface area is 194 Å². The van der Waals surface area contributed by atoms with Crippen LogP contribution in [0.15, 0.2) is 60.7 Å². The third kappa shape index (κ3) is 4.97. The summed E-state index contributed by atoms with van der Waals surface area (Å²) >= 11 is 0. The Hall–Kier alpha value is -3.09. The molecule has 0 aliphatic carbocycles. The van der Waals surface area contributed by atoms with E-state index in [-0.39, 0.29) is 19.1 Å². The number of hydrogen-bond donors (Lipinski definition) is 1. The van der Waals surface area contributed by atoms with Crippen molar-refractivity contribution in [2.24, 2.45) is 11.3 Å².